The summed E-state index contributed by atoms with van der Waals surface area (Å²) in [5, 5.41) is 0. The average Bonchev–Trinajstić information content (AvgIpc) is 3.45. The Morgan fingerprint density at radius 3 is 2.03 bits per heavy atom. The standard InChI is InChI=1S/C27H21F7O/c1-2-13-8-20(13)18-6-15-4-3-14(5-16(15)7-18)17-9-21(28)25(22(29)10-17)27(33,34)35-19-11-23(30)26(32)24(31)12-19/h3-5,9-13,18,20H,2,6-8H2,1H3. The number of hydrogen-bond acceptors (Lipinski definition) is 1. The van der Waals surface area contributed by atoms with Crippen LogP contribution in [-0.4, -0.2) is 0 Å². The van der Waals surface area contributed by atoms with Crippen LogP contribution in [-0.2, 0) is 19.0 Å². The fraction of sp³-hybridized carbons (Fsp3) is 0.333. The maximum Gasteiger partial charge on any atom is 0.432 e. The molecule has 8 heteroatoms. The minimum absolute atomic E-state index is 0.0718. The van der Waals surface area contributed by atoms with Gasteiger partial charge in [-0.2, -0.15) is 8.78 Å². The van der Waals surface area contributed by atoms with Crippen LogP contribution in [0.25, 0.3) is 11.1 Å². The highest BCUT2D eigenvalue weighted by Crippen LogP contribution is 2.51. The molecule has 2 aliphatic rings. The molecule has 1 nitrogen and oxygen atoms in total. The summed E-state index contributed by atoms with van der Waals surface area (Å²) >= 11 is 0. The smallest absolute Gasteiger partial charge is 0.429 e. The van der Waals surface area contributed by atoms with Crippen molar-refractivity contribution in [2.24, 2.45) is 17.8 Å². The number of fused-ring (bicyclic) bond motifs is 1. The molecule has 3 unspecified atom stereocenters. The molecule has 3 aromatic rings. The fourth-order valence-electron chi connectivity index (χ4n) is 5.26. The lowest BCUT2D eigenvalue weighted by Gasteiger charge is -2.20. The van der Waals surface area contributed by atoms with E-state index in [1.165, 1.54) is 12.0 Å². The minimum Gasteiger partial charge on any atom is -0.429 e. The van der Waals surface area contributed by atoms with Gasteiger partial charge in [-0.15, -0.1) is 0 Å². The van der Waals surface area contributed by atoms with Gasteiger partial charge in [0.25, 0.3) is 0 Å². The van der Waals surface area contributed by atoms with Crippen molar-refractivity contribution < 1.29 is 35.5 Å². The van der Waals surface area contributed by atoms with Crippen LogP contribution in [0.1, 0.15) is 36.5 Å². The Labute approximate surface area is 197 Å². The second-order valence-corrected chi connectivity index (χ2v) is 9.35. The summed E-state index contributed by atoms with van der Waals surface area (Å²) in [6.07, 6.45) is -0.383. The molecule has 2 aliphatic carbocycles. The number of ether oxygens (including phenoxy) is 1. The molecule has 0 N–H and O–H groups in total. The number of alkyl halides is 2. The zero-order chi connectivity index (χ0) is 25.1. The number of rotatable bonds is 6. The van der Waals surface area contributed by atoms with Crippen LogP contribution >= 0.6 is 0 Å². The Kier molecular flexibility index (Phi) is 5.80. The maximum absolute atomic E-state index is 14.7. The van der Waals surface area contributed by atoms with Crippen molar-refractivity contribution in [3.05, 3.63) is 88.2 Å². The Bertz CT molecular complexity index is 1260. The highest BCUT2D eigenvalue weighted by atomic mass is 19.3. The molecular weight excluding hydrogens is 473 g/mol. The molecule has 3 aromatic carbocycles. The Balaban J connectivity index is 1.40. The molecule has 0 bridgehead atoms. The molecule has 0 amide bonds. The summed E-state index contributed by atoms with van der Waals surface area (Å²) in [5.41, 5.74) is 1.13. The third kappa shape index (κ3) is 4.39. The van der Waals surface area contributed by atoms with E-state index in [2.05, 4.69) is 11.7 Å². The third-order valence-corrected chi connectivity index (χ3v) is 7.15. The second kappa shape index (κ2) is 8.57. The van der Waals surface area contributed by atoms with E-state index in [0.717, 1.165) is 42.9 Å². The highest BCUT2D eigenvalue weighted by molar-refractivity contribution is 5.66. The van der Waals surface area contributed by atoms with Crippen LogP contribution in [0.2, 0.25) is 0 Å². The molecular formula is C27H21F7O. The van der Waals surface area contributed by atoms with E-state index in [1.807, 2.05) is 12.1 Å². The van der Waals surface area contributed by atoms with Gasteiger partial charge >= 0.3 is 6.11 Å². The van der Waals surface area contributed by atoms with Gasteiger partial charge in [-0.3, -0.25) is 0 Å². The SMILES string of the molecule is CCC1CC1C1Cc2ccc(-c3cc(F)c(C(F)(F)Oc4cc(F)c(F)c(F)c4)c(F)c3)cc2C1. The van der Waals surface area contributed by atoms with Crippen LogP contribution in [0, 0.1) is 46.8 Å². The largest absolute Gasteiger partial charge is 0.432 e. The predicted octanol–water partition coefficient (Wildman–Crippen LogP) is 7.94. The lowest BCUT2D eigenvalue weighted by molar-refractivity contribution is -0.189. The summed E-state index contributed by atoms with van der Waals surface area (Å²) in [6, 6.07) is 7.32. The van der Waals surface area contributed by atoms with Crippen molar-refractivity contribution in [3.8, 4) is 16.9 Å². The number of benzene rings is 3. The lowest BCUT2D eigenvalue weighted by Crippen LogP contribution is -2.25. The van der Waals surface area contributed by atoms with Gasteiger partial charge in [-0.05, 0) is 71.4 Å². The van der Waals surface area contributed by atoms with Gasteiger partial charge in [-0.1, -0.05) is 31.5 Å². The zero-order valence-corrected chi connectivity index (χ0v) is 18.7. The molecule has 0 aromatic heterocycles. The van der Waals surface area contributed by atoms with Crippen LogP contribution in [0.3, 0.4) is 0 Å². The third-order valence-electron chi connectivity index (χ3n) is 7.15. The van der Waals surface area contributed by atoms with Gasteiger partial charge in [0.1, 0.15) is 22.9 Å². The molecule has 0 heterocycles. The lowest BCUT2D eigenvalue weighted by atomic mass is 9.98. The highest BCUT2D eigenvalue weighted by Gasteiger charge is 2.44. The van der Waals surface area contributed by atoms with Crippen LogP contribution in [0.15, 0.2) is 42.5 Å². The van der Waals surface area contributed by atoms with Gasteiger partial charge < -0.3 is 4.74 Å². The van der Waals surface area contributed by atoms with E-state index < -0.39 is 46.5 Å². The monoisotopic (exact) mass is 494 g/mol. The Morgan fingerprint density at radius 1 is 0.800 bits per heavy atom. The van der Waals surface area contributed by atoms with Crippen molar-refractivity contribution in [3.63, 3.8) is 0 Å². The van der Waals surface area contributed by atoms with E-state index in [1.54, 1.807) is 6.07 Å². The van der Waals surface area contributed by atoms with Gasteiger partial charge in [0.2, 0.25) is 0 Å². The van der Waals surface area contributed by atoms with Gasteiger partial charge in [0.05, 0.1) is 0 Å². The fourth-order valence-corrected chi connectivity index (χ4v) is 5.26. The van der Waals surface area contributed by atoms with Crippen LogP contribution in [0.5, 0.6) is 5.75 Å². The summed E-state index contributed by atoms with van der Waals surface area (Å²) in [7, 11) is 0. The summed E-state index contributed by atoms with van der Waals surface area (Å²) in [5.74, 6) is -7.72. The van der Waals surface area contributed by atoms with Crippen molar-refractivity contribution in [1.82, 2.24) is 0 Å². The van der Waals surface area contributed by atoms with Crippen molar-refractivity contribution in [2.45, 2.75) is 38.7 Å². The van der Waals surface area contributed by atoms with Gasteiger partial charge in [0, 0.05) is 12.1 Å². The van der Waals surface area contributed by atoms with Gasteiger partial charge in [0.15, 0.2) is 17.5 Å². The van der Waals surface area contributed by atoms with Gasteiger partial charge in [-0.25, -0.2) is 22.0 Å². The average molecular weight is 494 g/mol. The second-order valence-electron chi connectivity index (χ2n) is 9.35. The Morgan fingerprint density at radius 2 is 1.43 bits per heavy atom. The number of halogens is 7. The maximum atomic E-state index is 14.7. The van der Waals surface area contributed by atoms with Crippen molar-refractivity contribution in [1.29, 1.82) is 0 Å². The normalized spacial score (nSPS) is 21.2. The van der Waals surface area contributed by atoms with Crippen LogP contribution in [0.4, 0.5) is 30.7 Å². The van der Waals surface area contributed by atoms with Crippen LogP contribution < -0.4 is 4.74 Å². The molecule has 35 heavy (non-hydrogen) atoms. The quantitative estimate of drug-likeness (QED) is 0.250. The molecule has 1 fully saturated rings. The molecule has 0 aliphatic heterocycles. The first-order chi connectivity index (χ1) is 16.6. The topological polar surface area (TPSA) is 9.23 Å². The molecule has 0 spiro atoms. The molecule has 0 radical (unpaired) electrons. The Hall–Kier alpha value is -3.03. The predicted molar refractivity (Wildman–Crippen MR) is 115 cm³/mol. The summed E-state index contributed by atoms with van der Waals surface area (Å²) in [4.78, 5) is 0. The summed E-state index contributed by atoms with van der Waals surface area (Å²) in [6.45, 7) is 2.18. The first kappa shape index (κ1) is 23.7. The van der Waals surface area contributed by atoms with Crippen molar-refractivity contribution in [2.75, 3.05) is 0 Å². The zero-order valence-electron chi connectivity index (χ0n) is 18.7. The van der Waals surface area contributed by atoms with E-state index >= 15 is 0 Å². The van der Waals surface area contributed by atoms with E-state index in [9.17, 15) is 30.7 Å². The first-order valence-corrected chi connectivity index (χ1v) is 11.4. The molecule has 184 valence electrons. The molecule has 0 saturated heterocycles. The summed E-state index contributed by atoms with van der Waals surface area (Å²) < 4.78 is 103. The minimum atomic E-state index is -4.62. The van der Waals surface area contributed by atoms with E-state index in [0.29, 0.717) is 17.4 Å². The molecule has 5 rings (SSSR count). The van der Waals surface area contributed by atoms with Crippen molar-refractivity contribution >= 4 is 0 Å². The first-order valence-electron chi connectivity index (χ1n) is 11.4. The molecule has 3 atom stereocenters. The molecule has 1 saturated carbocycles. The van der Waals surface area contributed by atoms with E-state index in [4.69, 9.17) is 0 Å². The number of hydrogen-bond donors (Lipinski definition) is 0. The van der Waals surface area contributed by atoms with E-state index in [-0.39, 0.29) is 17.7 Å².